The van der Waals surface area contributed by atoms with Crippen molar-refractivity contribution in [2.45, 2.75) is 6.42 Å². The summed E-state index contributed by atoms with van der Waals surface area (Å²) in [5.74, 6) is 0.491. The van der Waals surface area contributed by atoms with Gasteiger partial charge in [-0.1, -0.05) is 0 Å². The summed E-state index contributed by atoms with van der Waals surface area (Å²) in [6, 6.07) is 0. The monoisotopic (exact) mass is 253 g/mol. The van der Waals surface area contributed by atoms with Crippen LogP contribution in [-0.4, -0.2) is 37.4 Å². The van der Waals surface area contributed by atoms with E-state index in [-0.39, 0.29) is 6.61 Å². The van der Waals surface area contributed by atoms with Gasteiger partial charge < -0.3 is 15.0 Å². The smallest absolute Gasteiger partial charge is 0.329 e. The van der Waals surface area contributed by atoms with Crippen molar-refractivity contribution >= 4 is 17.1 Å². The van der Waals surface area contributed by atoms with Crippen LogP contribution in [0.25, 0.3) is 11.2 Å². The van der Waals surface area contributed by atoms with Crippen LogP contribution in [0.4, 0.5) is 5.95 Å². The number of nitrogens with one attached hydrogen (secondary N) is 2. The molecule has 0 saturated carbocycles. The second-order valence-electron chi connectivity index (χ2n) is 3.99. The van der Waals surface area contributed by atoms with E-state index in [1.54, 1.807) is 18.7 Å². The first kappa shape index (κ1) is 12.4. The van der Waals surface area contributed by atoms with Crippen LogP contribution in [0.3, 0.4) is 0 Å². The number of nitrogens with zero attached hydrogens (tertiary/aromatic N) is 3. The highest BCUT2D eigenvalue weighted by Gasteiger charge is 2.14. The zero-order valence-corrected chi connectivity index (χ0v) is 10.2. The lowest BCUT2D eigenvalue weighted by Crippen LogP contribution is -2.29. The SMILES string of the molecule is Cn1c(NCCCO)nc2c1c(=O)[nH]c(=O)n2C. The van der Waals surface area contributed by atoms with Gasteiger partial charge in [0.25, 0.3) is 5.56 Å². The molecule has 2 aromatic heterocycles. The van der Waals surface area contributed by atoms with Crippen molar-refractivity contribution in [1.82, 2.24) is 19.1 Å². The van der Waals surface area contributed by atoms with E-state index in [0.29, 0.717) is 30.1 Å². The van der Waals surface area contributed by atoms with Gasteiger partial charge in [0.05, 0.1) is 0 Å². The first-order chi connectivity index (χ1) is 8.56. The number of rotatable bonds is 4. The summed E-state index contributed by atoms with van der Waals surface area (Å²) in [4.78, 5) is 29.6. The number of aromatic nitrogens is 4. The Kier molecular flexibility index (Phi) is 3.19. The number of hydrogen-bond acceptors (Lipinski definition) is 5. The molecular weight excluding hydrogens is 238 g/mol. The maximum Gasteiger partial charge on any atom is 0.329 e. The Morgan fingerprint density at radius 3 is 2.72 bits per heavy atom. The van der Waals surface area contributed by atoms with Gasteiger partial charge in [-0.05, 0) is 6.42 Å². The van der Waals surface area contributed by atoms with Crippen LogP contribution in [0.15, 0.2) is 9.59 Å². The van der Waals surface area contributed by atoms with Gasteiger partial charge in [0, 0.05) is 27.2 Å². The first-order valence-corrected chi connectivity index (χ1v) is 5.56. The van der Waals surface area contributed by atoms with Gasteiger partial charge in [0.2, 0.25) is 5.95 Å². The third-order valence-electron chi connectivity index (χ3n) is 2.75. The molecule has 0 spiro atoms. The van der Waals surface area contributed by atoms with Gasteiger partial charge in [-0.3, -0.25) is 14.3 Å². The molecule has 18 heavy (non-hydrogen) atoms. The number of imidazole rings is 1. The van der Waals surface area contributed by atoms with Gasteiger partial charge >= 0.3 is 5.69 Å². The highest BCUT2D eigenvalue weighted by atomic mass is 16.3. The van der Waals surface area contributed by atoms with E-state index in [9.17, 15) is 9.59 Å². The van der Waals surface area contributed by atoms with Gasteiger partial charge in [0.1, 0.15) is 0 Å². The minimum absolute atomic E-state index is 0.0794. The van der Waals surface area contributed by atoms with E-state index in [1.807, 2.05) is 0 Å². The van der Waals surface area contributed by atoms with Crippen molar-refractivity contribution in [2.24, 2.45) is 14.1 Å². The van der Waals surface area contributed by atoms with Crippen molar-refractivity contribution in [1.29, 1.82) is 0 Å². The molecule has 0 radical (unpaired) electrons. The van der Waals surface area contributed by atoms with Crippen LogP contribution >= 0.6 is 0 Å². The summed E-state index contributed by atoms with van der Waals surface area (Å²) >= 11 is 0. The van der Waals surface area contributed by atoms with Crippen LogP contribution in [0.2, 0.25) is 0 Å². The number of H-pyrrole nitrogens is 1. The molecule has 0 fully saturated rings. The van der Waals surface area contributed by atoms with Crippen molar-refractivity contribution < 1.29 is 5.11 Å². The summed E-state index contributed by atoms with van der Waals surface area (Å²) in [5, 5.41) is 11.7. The fraction of sp³-hybridized carbons (Fsp3) is 0.500. The molecule has 0 aromatic carbocycles. The van der Waals surface area contributed by atoms with Gasteiger partial charge in [0.15, 0.2) is 11.2 Å². The molecule has 0 unspecified atom stereocenters. The van der Waals surface area contributed by atoms with Crippen molar-refractivity contribution in [2.75, 3.05) is 18.5 Å². The fourth-order valence-corrected chi connectivity index (χ4v) is 1.75. The molecule has 0 aliphatic rings. The average molecular weight is 253 g/mol. The zero-order chi connectivity index (χ0) is 13.3. The van der Waals surface area contributed by atoms with E-state index >= 15 is 0 Å². The molecule has 2 heterocycles. The Labute approximate surface area is 102 Å². The molecular formula is C10H15N5O3. The van der Waals surface area contributed by atoms with Crippen LogP contribution in [-0.2, 0) is 14.1 Å². The second kappa shape index (κ2) is 4.65. The Morgan fingerprint density at radius 1 is 1.33 bits per heavy atom. The van der Waals surface area contributed by atoms with Gasteiger partial charge in [-0.2, -0.15) is 4.98 Å². The Morgan fingerprint density at radius 2 is 2.06 bits per heavy atom. The molecule has 8 nitrogen and oxygen atoms in total. The van der Waals surface area contributed by atoms with Crippen molar-refractivity contribution in [3.8, 4) is 0 Å². The van der Waals surface area contributed by atoms with Crippen LogP contribution in [0.5, 0.6) is 0 Å². The lowest BCUT2D eigenvalue weighted by molar-refractivity contribution is 0.292. The molecule has 2 rings (SSSR count). The largest absolute Gasteiger partial charge is 0.396 e. The number of hydrogen-bond donors (Lipinski definition) is 3. The maximum absolute atomic E-state index is 11.7. The Bertz CT molecular complexity index is 681. The van der Waals surface area contributed by atoms with Crippen molar-refractivity contribution in [3.05, 3.63) is 20.8 Å². The van der Waals surface area contributed by atoms with Crippen LogP contribution < -0.4 is 16.6 Å². The highest BCUT2D eigenvalue weighted by Crippen LogP contribution is 2.12. The maximum atomic E-state index is 11.7. The lowest BCUT2D eigenvalue weighted by Gasteiger charge is -2.03. The predicted molar refractivity (Wildman–Crippen MR) is 66.8 cm³/mol. The first-order valence-electron chi connectivity index (χ1n) is 5.56. The molecule has 2 aromatic rings. The Balaban J connectivity index is 2.56. The minimum atomic E-state index is -0.493. The Hall–Kier alpha value is -2.09. The summed E-state index contributed by atoms with van der Waals surface area (Å²) in [5.41, 5.74) is -0.285. The van der Waals surface area contributed by atoms with E-state index in [0.717, 1.165) is 0 Å². The predicted octanol–water partition coefficient (Wildman–Crippen LogP) is -1.25. The summed E-state index contributed by atoms with van der Waals surface area (Å²) in [6.45, 7) is 0.621. The lowest BCUT2D eigenvalue weighted by atomic mass is 10.4. The number of aromatic amines is 1. The molecule has 0 aliphatic carbocycles. The third kappa shape index (κ3) is 1.90. The topological polar surface area (TPSA) is 105 Å². The van der Waals surface area contributed by atoms with E-state index < -0.39 is 11.2 Å². The number of aryl methyl sites for hydroxylation is 2. The summed E-state index contributed by atoms with van der Waals surface area (Å²) in [7, 11) is 3.24. The summed E-state index contributed by atoms with van der Waals surface area (Å²) < 4.78 is 2.87. The highest BCUT2D eigenvalue weighted by molar-refractivity contribution is 5.73. The normalized spacial score (nSPS) is 11.1. The summed E-state index contributed by atoms with van der Waals surface area (Å²) in [6.07, 6.45) is 0.582. The van der Waals surface area contributed by atoms with E-state index in [2.05, 4.69) is 15.3 Å². The average Bonchev–Trinajstić information content (AvgIpc) is 2.65. The van der Waals surface area contributed by atoms with E-state index in [4.69, 9.17) is 5.11 Å². The fourth-order valence-electron chi connectivity index (χ4n) is 1.75. The molecule has 0 amide bonds. The van der Waals surface area contributed by atoms with Crippen LogP contribution in [0, 0.1) is 0 Å². The molecule has 0 aliphatic heterocycles. The number of anilines is 1. The number of fused-ring (bicyclic) bond motifs is 1. The van der Waals surface area contributed by atoms with Crippen molar-refractivity contribution in [3.63, 3.8) is 0 Å². The standard InChI is InChI=1S/C10H15N5O3/c1-14-6-7(12-9(14)11-4-3-5-16)15(2)10(18)13-8(6)17/h16H,3-5H2,1-2H3,(H,11,12)(H,13,17,18). The molecule has 0 atom stereocenters. The van der Waals surface area contributed by atoms with E-state index in [1.165, 1.54) is 4.57 Å². The zero-order valence-electron chi connectivity index (χ0n) is 10.2. The van der Waals surface area contributed by atoms with Crippen LogP contribution in [0.1, 0.15) is 6.42 Å². The third-order valence-corrected chi connectivity index (χ3v) is 2.75. The molecule has 0 bridgehead atoms. The molecule has 98 valence electrons. The molecule has 3 N–H and O–H groups in total. The van der Waals surface area contributed by atoms with Gasteiger partial charge in [-0.15, -0.1) is 0 Å². The molecule has 0 saturated heterocycles. The molecule has 8 heteroatoms. The number of aliphatic hydroxyl groups is 1. The second-order valence-corrected chi connectivity index (χ2v) is 3.99. The minimum Gasteiger partial charge on any atom is -0.396 e. The number of aliphatic hydroxyl groups excluding tert-OH is 1. The van der Waals surface area contributed by atoms with Gasteiger partial charge in [-0.25, -0.2) is 4.79 Å². The quantitative estimate of drug-likeness (QED) is 0.591.